The lowest BCUT2D eigenvalue weighted by Crippen LogP contribution is -2.65. The van der Waals surface area contributed by atoms with E-state index in [1.54, 1.807) is 11.8 Å². The fourth-order valence-corrected chi connectivity index (χ4v) is 5.16. The number of likely N-dealkylation sites (tertiary alicyclic amines) is 1. The summed E-state index contributed by atoms with van der Waals surface area (Å²) in [7, 11) is 0. The van der Waals surface area contributed by atoms with Gasteiger partial charge in [0.1, 0.15) is 0 Å². The van der Waals surface area contributed by atoms with Crippen LogP contribution in [0.25, 0.3) is 0 Å². The SMILES string of the molecule is CSc1cnc(N(CCNC2CC3(C2)CN(Cc2ccccc2)C3)C(C)CN)nc1. The maximum atomic E-state index is 5.94. The maximum Gasteiger partial charge on any atom is 0.225 e. The van der Waals surface area contributed by atoms with Crippen LogP contribution >= 0.6 is 11.8 Å². The van der Waals surface area contributed by atoms with E-state index in [4.69, 9.17) is 5.73 Å². The first-order valence-corrected chi connectivity index (χ1v) is 12.2. The van der Waals surface area contributed by atoms with Gasteiger partial charge in [0.05, 0.1) is 0 Å². The fourth-order valence-electron chi connectivity index (χ4n) is 4.84. The Morgan fingerprint density at radius 2 is 1.93 bits per heavy atom. The Kier molecular flexibility index (Phi) is 6.93. The standard InChI is InChI=1S/C23H34N6S/c1-18(12-24)29(22-26-13-21(30-2)14-27-22)9-8-25-20-10-23(11-20)16-28(17-23)15-19-6-4-3-5-7-19/h3-7,13-14,18,20,25H,8-12,15-17,24H2,1-2H3. The van der Waals surface area contributed by atoms with Crippen molar-refractivity contribution < 1.29 is 0 Å². The molecule has 1 aromatic carbocycles. The van der Waals surface area contributed by atoms with Crippen molar-refractivity contribution in [2.45, 2.75) is 43.3 Å². The minimum absolute atomic E-state index is 0.220. The highest BCUT2D eigenvalue weighted by atomic mass is 32.2. The summed E-state index contributed by atoms with van der Waals surface area (Å²) in [4.78, 5) is 15.0. The van der Waals surface area contributed by atoms with Crippen molar-refractivity contribution in [3.8, 4) is 0 Å². The summed E-state index contributed by atoms with van der Waals surface area (Å²) in [5.41, 5.74) is 7.92. The van der Waals surface area contributed by atoms with E-state index >= 15 is 0 Å². The smallest absolute Gasteiger partial charge is 0.225 e. The second-order valence-electron chi connectivity index (χ2n) is 8.89. The van der Waals surface area contributed by atoms with Gasteiger partial charge in [0.25, 0.3) is 0 Å². The number of anilines is 1. The topological polar surface area (TPSA) is 70.3 Å². The molecule has 1 saturated heterocycles. The van der Waals surface area contributed by atoms with Crippen LogP contribution in [0.15, 0.2) is 47.6 Å². The van der Waals surface area contributed by atoms with Crippen molar-refractivity contribution >= 4 is 17.7 Å². The van der Waals surface area contributed by atoms with Crippen molar-refractivity contribution in [3.05, 3.63) is 48.3 Å². The summed E-state index contributed by atoms with van der Waals surface area (Å²) >= 11 is 1.66. The van der Waals surface area contributed by atoms with Crippen LogP contribution in [0.3, 0.4) is 0 Å². The van der Waals surface area contributed by atoms with Gasteiger partial charge in [0, 0.05) is 68.6 Å². The summed E-state index contributed by atoms with van der Waals surface area (Å²) in [6.45, 7) is 8.12. The van der Waals surface area contributed by atoms with Crippen LogP contribution in [-0.4, -0.2) is 65.9 Å². The molecule has 7 heteroatoms. The molecule has 2 aliphatic rings. The predicted molar refractivity (Wildman–Crippen MR) is 125 cm³/mol. The van der Waals surface area contributed by atoms with Crippen LogP contribution in [0, 0.1) is 5.41 Å². The van der Waals surface area contributed by atoms with E-state index in [2.05, 4.69) is 62.3 Å². The molecule has 30 heavy (non-hydrogen) atoms. The van der Waals surface area contributed by atoms with Gasteiger partial charge in [-0.05, 0) is 37.0 Å². The van der Waals surface area contributed by atoms with E-state index in [0.717, 1.165) is 30.5 Å². The van der Waals surface area contributed by atoms with Gasteiger partial charge < -0.3 is 16.0 Å². The molecular weight excluding hydrogens is 392 g/mol. The van der Waals surface area contributed by atoms with Crippen LogP contribution in [0.5, 0.6) is 0 Å². The molecule has 1 unspecified atom stereocenters. The first kappa shape index (κ1) is 21.6. The van der Waals surface area contributed by atoms with Crippen molar-refractivity contribution in [2.75, 3.05) is 43.9 Å². The molecule has 1 aliphatic heterocycles. The fraction of sp³-hybridized carbons (Fsp3) is 0.565. The van der Waals surface area contributed by atoms with Crippen molar-refractivity contribution in [1.29, 1.82) is 0 Å². The molecule has 2 aromatic rings. The Morgan fingerprint density at radius 1 is 1.23 bits per heavy atom. The number of thioether (sulfide) groups is 1. The molecule has 0 radical (unpaired) electrons. The van der Waals surface area contributed by atoms with Crippen molar-refractivity contribution in [1.82, 2.24) is 20.2 Å². The molecule has 0 bridgehead atoms. The van der Waals surface area contributed by atoms with Gasteiger partial charge in [-0.3, -0.25) is 4.90 Å². The summed E-state index contributed by atoms with van der Waals surface area (Å²) in [5, 5.41) is 3.75. The summed E-state index contributed by atoms with van der Waals surface area (Å²) in [6, 6.07) is 11.7. The lowest BCUT2D eigenvalue weighted by Gasteiger charge is -2.59. The third-order valence-corrected chi connectivity index (χ3v) is 7.17. The number of rotatable bonds is 10. The lowest BCUT2D eigenvalue weighted by molar-refractivity contribution is -0.0826. The van der Waals surface area contributed by atoms with Crippen LogP contribution < -0.4 is 16.0 Å². The highest BCUT2D eigenvalue weighted by Gasteiger charge is 2.51. The minimum Gasteiger partial charge on any atom is -0.336 e. The van der Waals surface area contributed by atoms with Crippen LogP contribution in [0.2, 0.25) is 0 Å². The zero-order valence-corrected chi connectivity index (χ0v) is 18.9. The van der Waals surface area contributed by atoms with Crippen LogP contribution in [-0.2, 0) is 6.54 Å². The zero-order valence-electron chi connectivity index (χ0n) is 18.1. The molecule has 1 aliphatic carbocycles. The molecule has 1 spiro atoms. The predicted octanol–water partition coefficient (Wildman–Crippen LogP) is 2.61. The Labute approximate surface area is 184 Å². The number of hydrogen-bond acceptors (Lipinski definition) is 7. The highest BCUT2D eigenvalue weighted by Crippen LogP contribution is 2.48. The number of aromatic nitrogens is 2. The molecule has 6 nitrogen and oxygen atoms in total. The number of nitrogens with one attached hydrogen (secondary N) is 1. The second kappa shape index (κ2) is 9.64. The van der Waals surface area contributed by atoms with Crippen LogP contribution in [0.4, 0.5) is 5.95 Å². The lowest BCUT2D eigenvalue weighted by atomic mass is 9.60. The third kappa shape index (κ3) is 4.97. The number of nitrogens with zero attached hydrogens (tertiary/aromatic N) is 4. The second-order valence-corrected chi connectivity index (χ2v) is 9.77. The van der Waals surface area contributed by atoms with E-state index in [1.807, 2.05) is 18.6 Å². The largest absolute Gasteiger partial charge is 0.336 e. The molecule has 3 N–H and O–H groups in total. The summed E-state index contributed by atoms with van der Waals surface area (Å²) in [5.74, 6) is 0.771. The first-order chi connectivity index (χ1) is 14.6. The van der Waals surface area contributed by atoms with Crippen LogP contribution in [0.1, 0.15) is 25.3 Å². The minimum atomic E-state index is 0.220. The van der Waals surface area contributed by atoms with Gasteiger partial charge in [-0.2, -0.15) is 0 Å². The van der Waals surface area contributed by atoms with Gasteiger partial charge in [-0.25, -0.2) is 9.97 Å². The normalized spacial score (nSPS) is 19.3. The molecule has 2 heterocycles. The molecule has 162 valence electrons. The van der Waals surface area contributed by atoms with E-state index in [0.29, 0.717) is 18.0 Å². The number of nitrogens with two attached hydrogens (primary N) is 1. The van der Waals surface area contributed by atoms with E-state index < -0.39 is 0 Å². The van der Waals surface area contributed by atoms with Gasteiger partial charge in [0.2, 0.25) is 5.95 Å². The summed E-state index contributed by atoms with van der Waals surface area (Å²) < 4.78 is 0. The Balaban J connectivity index is 1.19. The molecule has 1 saturated carbocycles. The molecule has 4 rings (SSSR count). The van der Waals surface area contributed by atoms with E-state index in [9.17, 15) is 0 Å². The van der Waals surface area contributed by atoms with Gasteiger partial charge in [0.15, 0.2) is 0 Å². The quantitative estimate of drug-likeness (QED) is 0.566. The zero-order chi connectivity index (χ0) is 21.0. The number of benzene rings is 1. The van der Waals surface area contributed by atoms with Gasteiger partial charge in [-0.15, -0.1) is 11.8 Å². The first-order valence-electron chi connectivity index (χ1n) is 10.9. The summed E-state index contributed by atoms with van der Waals surface area (Å²) in [6.07, 6.45) is 8.42. The highest BCUT2D eigenvalue weighted by molar-refractivity contribution is 7.98. The van der Waals surface area contributed by atoms with Gasteiger partial charge >= 0.3 is 0 Å². The molecule has 2 fully saturated rings. The Morgan fingerprint density at radius 3 is 2.57 bits per heavy atom. The molecule has 1 aromatic heterocycles. The van der Waals surface area contributed by atoms with Gasteiger partial charge in [-0.1, -0.05) is 30.3 Å². The molecule has 1 atom stereocenters. The Bertz CT molecular complexity index is 785. The maximum absolute atomic E-state index is 5.94. The Hall–Kier alpha value is -1.67. The van der Waals surface area contributed by atoms with E-state index in [-0.39, 0.29) is 6.04 Å². The van der Waals surface area contributed by atoms with Crippen molar-refractivity contribution in [2.24, 2.45) is 11.1 Å². The third-order valence-electron chi connectivity index (χ3n) is 6.49. The van der Waals surface area contributed by atoms with E-state index in [1.165, 1.54) is 31.5 Å². The molecule has 0 amide bonds. The molecular formula is C23H34N6S. The average molecular weight is 427 g/mol. The monoisotopic (exact) mass is 426 g/mol. The number of hydrogen-bond donors (Lipinski definition) is 2. The average Bonchev–Trinajstić information content (AvgIpc) is 2.73. The van der Waals surface area contributed by atoms with Crippen molar-refractivity contribution in [3.63, 3.8) is 0 Å².